The van der Waals surface area contributed by atoms with Crippen molar-refractivity contribution in [2.75, 3.05) is 12.3 Å². The Bertz CT molecular complexity index is 1420. The molecule has 9 nitrogen and oxygen atoms in total. The highest BCUT2D eigenvalue weighted by molar-refractivity contribution is 5.98. The third-order valence-electron chi connectivity index (χ3n) is 6.74. The first kappa shape index (κ1) is 24.5. The van der Waals surface area contributed by atoms with Gasteiger partial charge in [-0.1, -0.05) is 39.0 Å². The number of hydrogen-bond donors (Lipinski definition) is 2. The van der Waals surface area contributed by atoms with E-state index in [1.54, 1.807) is 4.68 Å². The number of piperidine rings is 1. The number of amides is 1. The molecule has 192 valence electrons. The largest absolute Gasteiger partial charge is 0.465 e. The van der Waals surface area contributed by atoms with Crippen LogP contribution < -0.4 is 10.5 Å². The molecular weight excluding hydrogens is 475 g/mol. The van der Waals surface area contributed by atoms with Crippen LogP contribution in [-0.2, 0) is 0 Å². The molecule has 2 aromatic heterocycles. The quantitative estimate of drug-likeness (QED) is 0.374. The number of aromatic nitrogens is 4. The monoisotopic (exact) mass is 504 g/mol. The number of hydrogen-bond acceptors (Lipinski definition) is 6. The second kappa shape index (κ2) is 9.34. The summed E-state index contributed by atoms with van der Waals surface area (Å²) in [4.78, 5) is 21.6. The SMILES string of the molecule is CC(C)(C)C1[C@H](F)[C@@H](n2nc(-c3ccc(Oc4ccccc4)cc3)c3c(N)ncnc32)CCN1C(=O)O. The number of para-hydroxylation sites is 1. The molecule has 0 saturated carbocycles. The summed E-state index contributed by atoms with van der Waals surface area (Å²) in [5, 5.41) is 15.0. The number of alkyl halides is 1. The fourth-order valence-electron chi connectivity index (χ4n) is 5.10. The fraction of sp³-hybridized carbons (Fsp3) is 0.333. The van der Waals surface area contributed by atoms with E-state index >= 15 is 4.39 Å². The van der Waals surface area contributed by atoms with E-state index in [4.69, 9.17) is 15.6 Å². The Kier molecular flexibility index (Phi) is 6.18. The van der Waals surface area contributed by atoms with Gasteiger partial charge < -0.3 is 20.5 Å². The Morgan fingerprint density at radius 3 is 2.41 bits per heavy atom. The van der Waals surface area contributed by atoms with E-state index in [1.165, 1.54) is 11.2 Å². The fourth-order valence-corrected chi connectivity index (χ4v) is 5.10. The topological polar surface area (TPSA) is 119 Å². The van der Waals surface area contributed by atoms with Crippen LogP contribution in [0, 0.1) is 5.41 Å². The Labute approximate surface area is 213 Å². The van der Waals surface area contributed by atoms with E-state index in [-0.39, 0.29) is 18.8 Å². The maximum atomic E-state index is 16.1. The number of nitrogens with two attached hydrogens (primary N) is 1. The van der Waals surface area contributed by atoms with Crippen molar-refractivity contribution >= 4 is 22.9 Å². The zero-order chi connectivity index (χ0) is 26.3. The molecule has 0 radical (unpaired) electrons. The van der Waals surface area contributed by atoms with Gasteiger partial charge in [0.1, 0.15) is 35.5 Å². The average molecular weight is 505 g/mol. The predicted octanol–water partition coefficient (Wildman–Crippen LogP) is 5.55. The number of likely N-dealkylation sites (tertiary alicyclic amines) is 1. The minimum atomic E-state index is -1.50. The third kappa shape index (κ3) is 4.54. The first-order valence-corrected chi connectivity index (χ1v) is 12.1. The highest BCUT2D eigenvalue weighted by Crippen LogP contribution is 2.41. The van der Waals surface area contributed by atoms with Crippen molar-refractivity contribution in [2.45, 2.75) is 45.4 Å². The van der Waals surface area contributed by atoms with E-state index in [9.17, 15) is 9.90 Å². The van der Waals surface area contributed by atoms with E-state index in [2.05, 4.69) is 9.97 Å². The molecule has 1 saturated heterocycles. The Morgan fingerprint density at radius 1 is 1.08 bits per heavy atom. The molecule has 5 rings (SSSR count). The third-order valence-corrected chi connectivity index (χ3v) is 6.74. The molecule has 0 bridgehead atoms. The molecule has 0 aliphatic carbocycles. The van der Waals surface area contributed by atoms with E-state index < -0.39 is 29.8 Å². The molecule has 1 amide bonds. The maximum Gasteiger partial charge on any atom is 0.407 e. The van der Waals surface area contributed by atoms with Gasteiger partial charge in [-0.05, 0) is 48.2 Å². The average Bonchev–Trinajstić information content (AvgIpc) is 3.25. The van der Waals surface area contributed by atoms with Crippen LogP contribution >= 0.6 is 0 Å². The minimum Gasteiger partial charge on any atom is -0.465 e. The number of nitrogens with zero attached hydrogens (tertiary/aromatic N) is 5. The number of ether oxygens (including phenoxy) is 1. The van der Waals surface area contributed by atoms with Crippen LogP contribution in [0.4, 0.5) is 15.0 Å². The molecule has 2 aromatic carbocycles. The van der Waals surface area contributed by atoms with Crippen molar-refractivity contribution in [1.82, 2.24) is 24.6 Å². The molecular formula is C27H29FN6O3. The van der Waals surface area contributed by atoms with Gasteiger partial charge in [0.2, 0.25) is 0 Å². The lowest BCUT2D eigenvalue weighted by Gasteiger charge is -2.46. The van der Waals surface area contributed by atoms with Gasteiger partial charge in [0.05, 0.1) is 17.5 Å². The Hall–Kier alpha value is -4.21. The van der Waals surface area contributed by atoms with Gasteiger partial charge in [0, 0.05) is 12.1 Å². The zero-order valence-corrected chi connectivity index (χ0v) is 20.9. The number of rotatable bonds is 4. The maximum absolute atomic E-state index is 16.1. The highest BCUT2D eigenvalue weighted by atomic mass is 19.1. The normalized spacial score (nSPS) is 20.2. The summed E-state index contributed by atoms with van der Waals surface area (Å²) in [6, 6.07) is 15.3. The number of benzene rings is 2. The number of anilines is 1. The lowest BCUT2D eigenvalue weighted by Crippen LogP contribution is -2.58. The van der Waals surface area contributed by atoms with Crippen LogP contribution in [0.25, 0.3) is 22.3 Å². The summed E-state index contributed by atoms with van der Waals surface area (Å²) < 4.78 is 23.6. The molecule has 1 aliphatic rings. The minimum absolute atomic E-state index is 0.186. The van der Waals surface area contributed by atoms with E-state index in [0.29, 0.717) is 22.5 Å². The van der Waals surface area contributed by atoms with Gasteiger partial charge in [-0.3, -0.25) is 0 Å². The molecule has 1 aliphatic heterocycles. The number of carboxylic acid groups (broad SMARTS) is 1. The summed E-state index contributed by atoms with van der Waals surface area (Å²) in [6.07, 6.45) is -1.04. The molecule has 1 fully saturated rings. The summed E-state index contributed by atoms with van der Waals surface area (Å²) in [7, 11) is 0. The van der Waals surface area contributed by atoms with Gasteiger partial charge in [-0.2, -0.15) is 5.10 Å². The Balaban J connectivity index is 1.54. The van der Waals surface area contributed by atoms with Crippen LogP contribution in [0.3, 0.4) is 0 Å². The first-order chi connectivity index (χ1) is 17.6. The molecule has 3 N–H and O–H groups in total. The van der Waals surface area contributed by atoms with Gasteiger partial charge in [-0.25, -0.2) is 23.8 Å². The summed E-state index contributed by atoms with van der Waals surface area (Å²) in [5.74, 6) is 1.61. The zero-order valence-electron chi connectivity index (χ0n) is 20.9. The van der Waals surface area contributed by atoms with Crippen LogP contribution in [0.2, 0.25) is 0 Å². The van der Waals surface area contributed by atoms with Crippen molar-refractivity contribution in [3.8, 4) is 22.8 Å². The van der Waals surface area contributed by atoms with Crippen molar-refractivity contribution in [3.63, 3.8) is 0 Å². The molecule has 10 heteroatoms. The first-order valence-electron chi connectivity index (χ1n) is 12.1. The molecule has 4 aromatic rings. The van der Waals surface area contributed by atoms with Gasteiger partial charge in [0.25, 0.3) is 0 Å². The number of carbonyl (C=O) groups is 1. The van der Waals surface area contributed by atoms with Crippen LogP contribution in [-0.4, -0.2) is 54.6 Å². The van der Waals surface area contributed by atoms with Gasteiger partial charge in [-0.15, -0.1) is 0 Å². The molecule has 1 unspecified atom stereocenters. The summed E-state index contributed by atoms with van der Waals surface area (Å²) in [6.45, 7) is 5.71. The summed E-state index contributed by atoms with van der Waals surface area (Å²) in [5.41, 5.74) is 7.32. The Morgan fingerprint density at radius 2 is 1.76 bits per heavy atom. The van der Waals surface area contributed by atoms with Crippen molar-refractivity contribution in [2.24, 2.45) is 5.41 Å². The molecule has 0 spiro atoms. The van der Waals surface area contributed by atoms with Crippen LogP contribution in [0.1, 0.15) is 33.2 Å². The van der Waals surface area contributed by atoms with E-state index in [1.807, 2.05) is 75.4 Å². The lowest BCUT2D eigenvalue weighted by atomic mass is 9.78. The molecule has 37 heavy (non-hydrogen) atoms. The van der Waals surface area contributed by atoms with Crippen LogP contribution in [0.5, 0.6) is 11.5 Å². The smallest absolute Gasteiger partial charge is 0.407 e. The van der Waals surface area contributed by atoms with Crippen molar-refractivity contribution < 1.29 is 19.0 Å². The van der Waals surface area contributed by atoms with Gasteiger partial charge >= 0.3 is 6.09 Å². The second-order valence-electron chi connectivity index (χ2n) is 10.3. The summed E-state index contributed by atoms with van der Waals surface area (Å²) >= 11 is 0. The highest BCUT2D eigenvalue weighted by Gasteiger charge is 2.48. The van der Waals surface area contributed by atoms with Crippen molar-refractivity contribution in [3.05, 3.63) is 60.9 Å². The second-order valence-corrected chi connectivity index (χ2v) is 10.3. The number of fused-ring (bicyclic) bond motifs is 1. The number of nitrogen functional groups attached to an aromatic ring is 1. The lowest BCUT2D eigenvalue weighted by molar-refractivity contribution is -0.0197. The molecule has 3 atom stereocenters. The predicted molar refractivity (Wildman–Crippen MR) is 138 cm³/mol. The van der Waals surface area contributed by atoms with E-state index in [0.717, 1.165) is 11.3 Å². The van der Waals surface area contributed by atoms with Gasteiger partial charge in [0.15, 0.2) is 5.65 Å². The standard InChI is InChI=1S/C27H29FN6O3/c1-27(2,3)23-21(28)19(13-14-33(23)26(35)36)34-25-20(24(29)30-15-31-25)22(32-34)16-9-11-18(12-10-16)37-17-7-5-4-6-8-17/h4-12,15,19,21,23H,13-14H2,1-3H3,(H,35,36)(H2,29,30,31)/t19-,21+,23?/m0/s1. The van der Waals surface area contributed by atoms with Crippen LogP contribution in [0.15, 0.2) is 60.9 Å². The molecule has 3 heterocycles. The number of halogens is 1. The van der Waals surface area contributed by atoms with Crippen molar-refractivity contribution in [1.29, 1.82) is 0 Å².